The predicted molar refractivity (Wildman–Crippen MR) is 86.5 cm³/mol. The largest absolute Gasteiger partial charge is 0.490 e. The van der Waals surface area contributed by atoms with Crippen LogP contribution in [0, 0.1) is 5.92 Å². The Bertz CT molecular complexity index is 497. The zero-order valence-corrected chi connectivity index (χ0v) is 14.5. The van der Waals surface area contributed by atoms with Crippen molar-refractivity contribution < 1.29 is 23.0 Å². The number of rotatable bonds is 6. The summed E-state index contributed by atoms with van der Waals surface area (Å²) in [5.74, 6) is 0.932. The van der Waals surface area contributed by atoms with Crippen molar-refractivity contribution in [2.45, 2.75) is 57.2 Å². The minimum Gasteiger partial charge on any atom is -0.490 e. The highest BCUT2D eigenvalue weighted by atomic mass is 79.9. The first-order valence-electron chi connectivity index (χ1n) is 8.04. The zero-order chi connectivity index (χ0) is 16.9. The SMILES string of the molecule is OCCCCC1CCC(Oc2ccc(Br)c(C(F)(F)F)c2)CC1. The number of unbranched alkanes of at least 4 members (excludes halogenated alkanes) is 1. The first kappa shape index (κ1) is 18.6. The zero-order valence-electron chi connectivity index (χ0n) is 12.9. The van der Waals surface area contributed by atoms with Crippen molar-refractivity contribution >= 4 is 15.9 Å². The molecular weight excluding hydrogens is 373 g/mol. The van der Waals surface area contributed by atoms with Crippen molar-refractivity contribution in [3.05, 3.63) is 28.2 Å². The van der Waals surface area contributed by atoms with Gasteiger partial charge in [0.05, 0.1) is 11.7 Å². The lowest BCUT2D eigenvalue weighted by Gasteiger charge is -2.29. The van der Waals surface area contributed by atoms with Crippen molar-refractivity contribution in [2.24, 2.45) is 5.92 Å². The number of aliphatic hydroxyl groups is 1. The van der Waals surface area contributed by atoms with E-state index in [-0.39, 0.29) is 22.9 Å². The second-order valence-electron chi connectivity index (χ2n) is 6.12. The van der Waals surface area contributed by atoms with E-state index in [1.807, 2.05) is 0 Å². The van der Waals surface area contributed by atoms with Gasteiger partial charge in [0.2, 0.25) is 0 Å². The molecule has 0 heterocycles. The summed E-state index contributed by atoms with van der Waals surface area (Å²) in [6, 6.07) is 4.03. The Morgan fingerprint density at radius 3 is 2.43 bits per heavy atom. The van der Waals surface area contributed by atoms with Crippen LogP contribution in [0.3, 0.4) is 0 Å². The van der Waals surface area contributed by atoms with Crippen molar-refractivity contribution in [1.29, 1.82) is 0 Å². The molecule has 1 aromatic rings. The second kappa shape index (κ2) is 8.38. The third-order valence-corrected chi connectivity index (χ3v) is 5.05. The van der Waals surface area contributed by atoms with Crippen LogP contribution in [0.25, 0.3) is 0 Å². The van der Waals surface area contributed by atoms with Crippen LogP contribution in [0.4, 0.5) is 13.2 Å². The van der Waals surface area contributed by atoms with Gasteiger partial charge in [-0.25, -0.2) is 0 Å². The summed E-state index contributed by atoms with van der Waals surface area (Å²) in [4.78, 5) is 0. The highest BCUT2D eigenvalue weighted by molar-refractivity contribution is 9.10. The third-order valence-electron chi connectivity index (χ3n) is 4.36. The molecule has 2 rings (SSSR count). The van der Waals surface area contributed by atoms with Crippen molar-refractivity contribution in [3.8, 4) is 5.75 Å². The molecule has 0 bridgehead atoms. The number of aliphatic hydroxyl groups excluding tert-OH is 1. The molecule has 1 aromatic carbocycles. The lowest BCUT2D eigenvalue weighted by atomic mass is 9.84. The molecule has 23 heavy (non-hydrogen) atoms. The van der Waals surface area contributed by atoms with E-state index in [0.29, 0.717) is 5.92 Å². The maximum Gasteiger partial charge on any atom is 0.417 e. The standard InChI is InChI=1S/C17H22BrF3O2/c18-16-9-8-14(11-15(16)17(19,20)21)23-13-6-4-12(5-7-13)3-1-2-10-22/h8-9,11-13,22H,1-7,10H2. The fourth-order valence-electron chi connectivity index (χ4n) is 3.07. The lowest BCUT2D eigenvalue weighted by Crippen LogP contribution is -2.24. The molecule has 0 atom stereocenters. The van der Waals surface area contributed by atoms with Crippen LogP contribution in [0.15, 0.2) is 22.7 Å². The molecule has 130 valence electrons. The minimum atomic E-state index is -4.39. The molecule has 2 nitrogen and oxygen atoms in total. The van der Waals surface area contributed by atoms with Gasteiger partial charge in [-0.1, -0.05) is 28.8 Å². The van der Waals surface area contributed by atoms with Crippen LogP contribution in [-0.2, 0) is 6.18 Å². The van der Waals surface area contributed by atoms with Gasteiger partial charge < -0.3 is 9.84 Å². The average Bonchev–Trinajstić information content (AvgIpc) is 2.50. The maximum absolute atomic E-state index is 12.9. The highest BCUT2D eigenvalue weighted by Crippen LogP contribution is 2.38. The smallest absolute Gasteiger partial charge is 0.417 e. The molecule has 1 N–H and O–H groups in total. The van der Waals surface area contributed by atoms with Crippen LogP contribution in [0.1, 0.15) is 50.5 Å². The van der Waals surface area contributed by atoms with E-state index in [0.717, 1.165) is 51.0 Å². The van der Waals surface area contributed by atoms with E-state index < -0.39 is 11.7 Å². The van der Waals surface area contributed by atoms with Gasteiger partial charge in [0.1, 0.15) is 5.75 Å². The average molecular weight is 395 g/mol. The van der Waals surface area contributed by atoms with Gasteiger partial charge in [-0.05, 0) is 56.2 Å². The minimum absolute atomic E-state index is 0.00801. The van der Waals surface area contributed by atoms with Crippen LogP contribution in [0.2, 0.25) is 0 Å². The molecule has 0 aromatic heterocycles. The maximum atomic E-state index is 12.9. The Kier molecular flexibility index (Phi) is 6.77. The highest BCUT2D eigenvalue weighted by Gasteiger charge is 2.33. The van der Waals surface area contributed by atoms with Crippen LogP contribution in [-0.4, -0.2) is 17.8 Å². The summed E-state index contributed by atoms with van der Waals surface area (Å²) in [6.07, 6.45) is 2.43. The molecule has 1 aliphatic carbocycles. The fourth-order valence-corrected chi connectivity index (χ4v) is 3.54. The van der Waals surface area contributed by atoms with Gasteiger partial charge in [-0.2, -0.15) is 13.2 Å². The Balaban J connectivity index is 1.87. The first-order chi connectivity index (χ1) is 10.9. The van der Waals surface area contributed by atoms with E-state index in [1.165, 1.54) is 6.07 Å². The fraction of sp³-hybridized carbons (Fsp3) is 0.647. The van der Waals surface area contributed by atoms with Gasteiger partial charge in [0, 0.05) is 11.1 Å². The molecule has 0 aliphatic heterocycles. The Hall–Kier alpha value is -0.750. The van der Waals surface area contributed by atoms with Gasteiger partial charge >= 0.3 is 6.18 Å². The summed E-state index contributed by atoms with van der Waals surface area (Å²) in [5, 5.41) is 8.80. The first-order valence-corrected chi connectivity index (χ1v) is 8.83. The Labute approximate surface area is 143 Å². The summed E-state index contributed by atoms with van der Waals surface area (Å²) in [7, 11) is 0. The van der Waals surface area contributed by atoms with E-state index in [2.05, 4.69) is 15.9 Å². The molecule has 0 saturated heterocycles. The molecule has 1 aliphatic rings. The molecule has 0 spiro atoms. The summed E-state index contributed by atoms with van der Waals surface area (Å²) >= 11 is 2.94. The molecule has 1 fully saturated rings. The Morgan fingerprint density at radius 2 is 1.83 bits per heavy atom. The van der Waals surface area contributed by atoms with Crippen molar-refractivity contribution in [3.63, 3.8) is 0 Å². The summed E-state index contributed by atoms with van der Waals surface area (Å²) in [5.41, 5.74) is -0.701. The molecule has 1 saturated carbocycles. The Morgan fingerprint density at radius 1 is 1.13 bits per heavy atom. The summed E-state index contributed by atoms with van der Waals surface area (Å²) < 4.78 is 44.5. The van der Waals surface area contributed by atoms with Gasteiger partial charge in [-0.15, -0.1) is 0 Å². The van der Waals surface area contributed by atoms with Crippen LogP contribution < -0.4 is 4.74 Å². The third kappa shape index (κ3) is 5.68. The molecule has 6 heteroatoms. The quantitative estimate of drug-likeness (QED) is 0.639. The number of alkyl halides is 3. The molecule has 0 unspecified atom stereocenters. The van der Waals surface area contributed by atoms with E-state index in [9.17, 15) is 13.2 Å². The van der Waals surface area contributed by atoms with Gasteiger partial charge in [0.15, 0.2) is 0 Å². The van der Waals surface area contributed by atoms with Crippen LogP contribution >= 0.6 is 15.9 Å². The topological polar surface area (TPSA) is 29.5 Å². The predicted octanol–water partition coefficient (Wildman–Crippen LogP) is 5.57. The molecule has 0 amide bonds. The normalized spacial score (nSPS) is 22.1. The molecule has 0 radical (unpaired) electrons. The van der Waals surface area contributed by atoms with E-state index in [1.54, 1.807) is 6.07 Å². The second-order valence-corrected chi connectivity index (χ2v) is 6.97. The lowest BCUT2D eigenvalue weighted by molar-refractivity contribution is -0.138. The van der Waals surface area contributed by atoms with E-state index in [4.69, 9.17) is 9.84 Å². The van der Waals surface area contributed by atoms with Gasteiger partial charge in [0.25, 0.3) is 0 Å². The van der Waals surface area contributed by atoms with Crippen LogP contribution in [0.5, 0.6) is 5.75 Å². The monoisotopic (exact) mass is 394 g/mol. The van der Waals surface area contributed by atoms with Crippen molar-refractivity contribution in [1.82, 2.24) is 0 Å². The van der Waals surface area contributed by atoms with Crippen molar-refractivity contribution in [2.75, 3.05) is 6.61 Å². The number of benzene rings is 1. The number of hydrogen-bond acceptors (Lipinski definition) is 2. The van der Waals surface area contributed by atoms with E-state index >= 15 is 0 Å². The van der Waals surface area contributed by atoms with Gasteiger partial charge in [-0.3, -0.25) is 0 Å². The number of halogens is 4. The number of ether oxygens (including phenoxy) is 1. The number of hydrogen-bond donors (Lipinski definition) is 1. The summed E-state index contributed by atoms with van der Waals surface area (Å²) in [6.45, 7) is 0.240. The molecular formula is C17H22BrF3O2.